The molecule has 0 spiro atoms. The first-order chi connectivity index (χ1) is 11.2. The summed E-state index contributed by atoms with van der Waals surface area (Å²) < 4.78 is 18.9. The smallest absolute Gasteiger partial charge is 0.249 e. The van der Waals surface area contributed by atoms with Gasteiger partial charge in [-0.25, -0.2) is 4.39 Å². The maximum Gasteiger partial charge on any atom is 0.249 e. The van der Waals surface area contributed by atoms with Crippen molar-refractivity contribution in [3.05, 3.63) is 71.5 Å². The summed E-state index contributed by atoms with van der Waals surface area (Å²) in [7, 11) is 0. The highest BCUT2D eigenvalue weighted by Crippen LogP contribution is 2.37. The minimum Gasteiger partial charge on any atom is -0.367 e. The number of carbonyl (C=O) groups excluding carboxylic acids is 1. The summed E-state index contributed by atoms with van der Waals surface area (Å²) in [5, 5.41) is -0.126. The second-order valence-electron chi connectivity index (χ2n) is 5.34. The molecule has 2 aromatic rings. The number of amides is 1. The summed E-state index contributed by atoms with van der Waals surface area (Å²) in [4.78, 5) is 14.2. The Morgan fingerprint density at radius 1 is 1.22 bits per heavy atom. The summed E-state index contributed by atoms with van der Waals surface area (Å²) in [6.07, 6.45) is 0. The minimum absolute atomic E-state index is 0.0429. The fourth-order valence-corrected chi connectivity index (χ4v) is 3.84. The Balaban J connectivity index is 1.58. The van der Waals surface area contributed by atoms with Gasteiger partial charge in [0.1, 0.15) is 17.8 Å². The number of ether oxygens (including phenoxy) is 1. The number of nitrogens with zero attached hydrogens (tertiary/aromatic N) is 1. The van der Waals surface area contributed by atoms with E-state index < -0.39 is 0 Å². The number of carbonyl (C=O) groups is 1. The molecule has 1 aliphatic rings. The molecule has 5 heteroatoms. The summed E-state index contributed by atoms with van der Waals surface area (Å²) in [6, 6.07) is 16.2. The maximum atomic E-state index is 13.4. The molecule has 1 aliphatic heterocycles. The number of halogens is 1. The molecule has 1 atom stereocenters. The van der Waals surface area contributed by atoms with Crippen molar-refractivity contribution in [2.24, 2.45) is 0 Å². The standard InChI is InChI=1S/C18H18FNO2S/c19-16-8-4-7-15(11-16)18-20(9-10-23-18)17(21)13-22-12-14-5-2-1-3-6-14/h1-8,11,18H,9-10,12-13H2. The van der Waals surface area contributed by atoms with Gasteiger partial charge in [-0.05, 0) is 23.3 Å². The summed E-state index contributed by atoms with van der Waals surface area (Å²) in [6.45, 7) is 1.12. The molecule has 2 aromatic carbocycles. The first-order valence-corrected chi connectivity index (χ1v) is 8.57. The Hall–Kier alpha value is -1.85. The first kappa shape index (κ1) is 16.0. The van der Waals surface area contributed by atoms with Gasteiger partial charge in [-0.1, -0.05) is 42.5 Å². The van der Waals surface area contributed by atoms with Gasteiger partial charge in [-0.15, -0.1) is 11.8 Å². The molecule has 1 amide bonds. The summed E-state index contributed by atoms with van der Waals surface area (Å²) in [5.41, 5.74) is 1.86. The third-order valence-electron chi connectivity index (χ3n) is 3.68. The topological polar surface area (TPSA) is 29.5 Å². The molecule has 120 valence electrons. The molecular formula is C18H18FNO2S. The Morgan fingerprint density at radius 3 is 2.83 bits per heavy atom. The van der Waals surface area contributed by atoms with Crippen molar-refractivity contribution in [2.45, 2.75) is 12.0 Å². The van der Waals surface area contributed by atoms with Crippen molar-refractivity contribution < 1.29 is 13.9 Å². The predicted octanol–water partition coefficient (Wildman–Crippen LogP) is 3.62. The lowest BCUT2D eigenvalue weighted by Gasteiger charge is -2.24. The number of thioether (sulfide) groups is 1. The van der Waals surface area contributed by atoms with Crippen LogP contribution in [0.5, 0.6) is 0 Å². The van der Waals surface area contributed by atoms with E-state index in [-0.39, 0.29) is 23.7 Å². The number of hydrogen-bond acceptors (Lipinski definition) is 3. The van der Waals surface area contributed by atoms with Crippen molar-refractivity contribution in [1.29, 1.82) is 0 Å². The maximum absolute atomic E-state index is 13.4. The molecule has 0 bridgehead atoms. The van der Waals surface area contributed by atoms with Crippen LogP contribution in [0.3, 0.4) is 0 Å². The molecule has 3 rings (SSSR count). The fourth-order valence-electron chi connectivity index (χ4n) is 2.58. The molecule has 0 saturated carbocycles. The van der Waals surface area contributed by atoms with E-state index in [0.717, 1.165) is 16.9 Å². The quantitative estimate of drug-likeness (QED) is 0.838. The lowest BCUT2D eigenvalue weighted by molar-refractivity contribution is -0.136. The normalized spacial score (nSPS) is 17.4. The predicted molar refractivity (Wildman–Crippen MR) is 89.4 cm³/mol. The van der Waals surface area contributed by atoms with E-state index in [1.165, 1.54) is 12.1 Å². The number of hydrogen-bond donors (Lipinski definition) is 0. The molecule has 1 heterocycles. The zero-order valence-electron chi connectivity index (χ0n) is 12.7. The molecule has 1 saturated heterocycles. The summed E-state index contributed by atoms with van der Waals surface area (Å²) >= 11 is 1.65. The van der Waals surface area contributed by atoms with Gasteiger partial charge in [0.2, 0.25) is 5.91 Å². The van der Waals surface area contributed by atoms with E-state index in [0.29, 0.717) is 13.2 Å². The van der Waals surface area contributed by atoms with Crippen LogP contribution in [0.2, 0.25) is 0 Å². The van der Waals surface area contributed by atoms with Crippen molar-refractivity contribution >= 4 is 17.7 Å². The van der Waals surface area contributed by atoms with Crippen LogP contribution >= 0.6 is 11.8 Å². The van der Waals surface area contributed by atoms with Gasteiger partial charge in [0.05, 0.1) is 6.61 Å². The zero-order valence-corrected chi connectivity index (χ0v) is 13.5. The summed E-state index contributed by atoms with van der Waals surface area (Å²) in [5.74, 6) is 0.522. The molecule has 0 N–H and O–H groups in total. The van der Waals surface area contributed by atoms with E-state index in [4.69, 9.17) is 4.74 Å². The van der Waals surface area contributed by atoms with Crippen molar-refractivity contribution in [3.8, 4) is 0 Å². The highest BCUT2D eigenvalue weighted by Gasteiger charge is 2.30. The second kappa shape index (κ2) is 7.62. The lowest BCUT2D eigenvalue weighted by atomic mass is 10.2. The molecule has 0 radical (unpaired) electrons. The monoisotopic (exact) mass is 331 g/mol. The molecule has 23 heavy (non-hydrogen) atoms. The zero-order chi connectivity index (χ0) is 16.1. The van der Waals surface area contributed by atoms with Crippen molar-refractivity contribution in [2.75, 3.05) is 18.9 Å². The van der Waals surface area contributed by atoms with E-state index in [1.807, 2.05) is 36.4 Å². The largest absolute Gasteiger partial charge is 0.367 e. The Morgan fingerprint density at radius 2 is 2.04 bits per heavy atom. The number of benzene rings is 2. The average Bonchev–Trinajstić information content (AvgIpc) is 3.05. The van der Waals surface area contributed by atoms with Gasteiger partial charge in [0, 0.05) is 12.3 Å². The van der Waals surface area contributed by atoms with E-state index >= 15 is 0 Å². The molecule has 0 aromatic heterocycles. The highest BCUT2D eigenvalue weighted by molar-refractivity contribution is 7.99. The number of rotatable bonds is 5. The van der Waals surface area contributed by atoms with E-state index in [9.17, 15) is 9.18 Å². The van der Waals surface area contributed by atoms with Crippen LogP contribution < -0.4 is 0 Å². The molecule has 1 fully saturated rings. The Kier molecular flexibility index (Phi) is 5.31. The molecule has 1 unspecified atom stereocenters. The SMILES string of the molecule is O=C(COCc1ccccc1)N1CCSC1c1cccc(F)c1. The van der Waals surface area contributed by atoms with Gasteiger partial charge in [-0.3, -0.25) is 4.79 Å². The third-order valence-corrected chi connectivity index (χ3v) is 4.94. The van der Waals surface area contributed by atoms with Gasteiger partial charge < -0.3 is 9.64 Å². The van der Waals surface area contributed by atoms with Crippen LogP contribution in [0.15, 0.2) is 54.6 Å². The Labute approximate surface area is 139 Å². The Bertz CT molecular complexity index is 665. The van der Waals surface area contributed by atoms with Gasteiger partial charge in [0.25, 0.3) is 0 Å². The van der Waals surface area contributed by atoms with Gasteiger partial charge >= 0.3 is 0 Å². The van der Waals surface area contributed by atoms with E-state index in [1.54, 1.807) is 22.7 Å². The molecule has 0 aliphatic carbocycles. The van der Waals surface area contributed by atoms with Crippen molar-refractivity contribution in [1.82, 2.24) is 4.90 Å². The van der Waals surface area contributed by atoms with Gasteiger partial charge in [0.15, 0.2) is 0 Å². The average molecular weight is 331 g/mol. The van der Waals surface area contributed by atoms with Gasteiger partial charge in [-0.2, -0.15) is 0 Å². The van der Waals surface area contributed by atoms with Crippen LogP contribution in [0, 0.1) is 5.82 Å². The third kappa shape index (κ3) is 4.12. The fraction of sp³-hybridized carbons (Fsp3) is 0.278. The molecular weight excluding hydrogens is 313 g/mol. The van der Waals surface area contributed by atoms with Crippen LogP contribution in [-0.2, 0) is 16.1 Å². The van der Waals surface area contributed by atoms with Crippen LogP contribution in [0.4, 0.5) is 4.39 Å². The van der Waals surface area contributed by atoms with E-state index in [2.05, 4.69) is 0 Å². The first-order valence-electron chi connectivity index (χ1n) is 7.52. The second-order valence-corrected chi connectivity index (χ2v) is 6.53. The van der Waals surface area contributed by atoms with Crippen LogP contribution in [-0.4, -0.2) is 29.7 Å². The van der Waals surface area contributed by atoms with Crippen LogP contribution in [0.25, 0.3) is 0 Å². The lowest BCUT2D eigenvalue weighted by Crippen LogP contribution is -2.33. The van der Waals surface area contributed by atoms with Crippen molar-refractivity contribution in [3.63, 3.8) is 0 Å². The van der Waals surface area contributed by atoms with Crippen LogP contribution in [0.1, 0.15) is 16.5 Å². The molecule has 3 nitrogen and oxygen atoms in total. The minimum atomic E-state index is -0.275. The highest BCUT2D eigenvalue weighted by atomic mass is 32.2.